The predicted molar refractivity (Wildman–Crippen MR) is 77.6 cm³/mol. The topological polar surface area (TPSA) is 24.5 Å². The van der Waals surface area contributed by atoms with Gasteiger partial charge < -0.3 is 15.0 Å². The number of hydrogen-bond acceptors (Lipinski definition) is 3. The molecule has 0 aliphatic heterocycles. The van der Waals surface area contributed by atoms with Crippen molar-refractivity contribution < 1.29 is 4.74 Å². The van der Waals surface area contributed by atoms with Crippen LogP contribution in [0.3, 0.4) is 0 Å². The highest BCUT2D eigenvalue weighted by Gasteiger charge is 1.94. The summed E-state index contributed by atoms with van der Waals surface area (Å²) in [6, 6.07) is 7.49. The molecule has 0 aliphatic rings. The van der Waals surface area contributed by atoms with Gasteiger partial charge in [-0.25, -0.2) is 0 Å². The lowest BCUT2D eigenvalue weighted by molar-refractivity contribution is 0.305. The number of ether oxygens (including phenoxy) is 1. The molecule has 0 aliphatic carbocycles. The smallest absolute Gasteiger partial charge is 0.119 e. The second-order valence-corrected chi connectivity index (χ2v) is 5.00. The number of benzene rings is 1. The van der Waals surface area contributed by atoms with Crippen LogP contribution in [0.25, 0.3) is 0 Å². The van der Waals surface area contributed by atoms with Gasteiger partial charge >= 0.3 is 0 Å². The van der Waals surface area contributed by atoms with E-state index in [1.807, 2.05) is 24.3 Å². The number of unbranched alkanes of at least 4 members (excludes halogenated alkanes) is 1. The summed E-state index contributed by atoms with van der Waals surface area (Å²) < 4.78 is 5.61. The lowest BCUT2D eigenvalue weighted by Crippen LogP contribution is -2.27. The van der Waals surface area contributed by atoms with Crippen LogP contribution in [0.5, 0.6) is 5.75 Å². The van der Waals surface area contributed by atoms with Crippen LogP contribution in [-0.4, -0.2) is 45.2 Å². The number of likely N-dealkylation sites (N-methyl/N-ethyl adjacent to an activating group) is 1. The second-order valence-electron chi connectivity index (χ2n) is 4.56. The minimum atomic E-state index is 0.743. The maximum Gasteiger partial charge on any atom is 0.119 e. The molecule has 0 spiro atoms. The first-order valence-corrected chi connectivity index (χ1v) is 6.80. The standard InChI is InChI=1S/C14H23ClN2O/c1-17(2)11-10-16-9-3-4-12-18-14-7-5-13(15)6-8-14/h5-8,16H,3-4,9-12H2,1-2H3. The van der Waals surface area contributed by atoms with E-state index in [1.54, 1.807) is 0 Å². The fraction of sp³-hybridized carbons (Fsp3) is 0.571. The van der Waals surface area contributed by atoms with Gasteiger partial charge in [0, 0.05) is 18.1 Å². The molecule has 1 N–H and O–H groups in total. The fourth-order valence-electron chi connectivity index (χ4n) is 1.50. The fourth-order valence-corrected chi connectivity index (χ4v) is 1.63. The molecule has 18 heavy (non-hydrogen) atoms. The molecule has 0 saturated heterocycles. The van der Waals surface area contributed by atoms with Crippen LogP contribution < -0.4 is 10.1 Å². The predicted octanol–water partition coefficient (Wildman–Crippen LogP) is 2.65. The van der Waals surface area contributed by atoms with Gasteiger partial charge in [-0.2, -0.15) is 0 Å². The molecule has 0 heterocycles. The van der Waals surface area contributed by atoms with Crippen molar-refractivity contribution in [3.05, 3.63) is 29.3 Å². The van der Waals surface area contributed by atoms with Gasteiger partial charge in [-0.15, -0.1) is 0 Å². The summed E-state index contributed by atoms with van der Waals surface area (Å²) in [5.41, 5.74) is 0. The van der Waals surface area contributed by atoms with E-state index in [0.29, 0.717) is 0 Å². The first-order valence-electron chi connectivity index (χ1n) is 6.42. The van der Waals surface area contributed by atoms with E-state index in [-0.39, 0.29) is 0 Å². The van der Waals surface area contributed by atoms with Crippen molar-refractivity contribution in [2.24, 2.45) is 0 Å². The summed E-state index contributed by atoms with van der Waals surface area (Å²) in [6.07, 6.45) is 2.21. The molecule has 3 nitrogen and oxygen atoms in total. The molecule has 0 unspecified atom stereocenters. The summed E-state index contributed by atoms with van der Waals surface area (Å²) in [7, 11) is 4.17. The van der Waals surface area contributed by atoms with Gasteiger partial charge in [-0.05, 0) is 57.7 Å². The Hall–Kier alpha value is -0.770. The lowest BCUT2D eigenvalue weighted by atomic mass is 10.3. The molecule has 0 radical (unpaired) electrons. The Kier molecular flexibility index (Phi) is 7.81. The molecular weight excluding hydrogens is 248 g/mol. The molecule has 1 aromatic carbocycles. The maximum absolute atomic E-state index is 5.80. The van der Waals surface area contributed by atoms with Crippen molar-refractivity contribution in [3.63, 3.8) is 0 Å². The zero-order chi connectivity index (χ0) is 13.2. The highest BCUT2D eigenvalue weighted by atomic mass is 35.5. The number of halogens is 1. The van der Waals surface area contributed by atoms with Crippen LogP contribution >= 0.6 is 11.6 Å². The van der Waals surface area contributed by atoms with Gasteiger partial charge in [0.15, 0.2) is 0 Å². The minimum Gasteiger partial charge on any atom is -0.494 e. The van der Waals surface area contributed by atoms with Gasteiger partial charge in [0.25, 0.3) is 0 Å². The lowest BCUT2D eigenvalue weighted by Gasteiger charge is -2.10. The quantitative estimate of drug-likeness (QED) is 0.698. The van der Waals surface area contributed by atoms with E-state index >= 15 is 0 Å². The monoisotopic (exact) mass is 270 g/mol. The highest BCUT2D eigenvalue weighted by molar-refractivity contribution is 6.30. The van der Waals surface area contributed by atoms with E-state index in [0.717, 1.165) is 49.9 Å². The first kappa shape index (κ1) is 15.3. The normalized spacial score (nSPS) is 10.9. The summed E-state index contributed by atoms with van der Waals surface area (Å²) in [6.45, 7) is 3.95. The van der Waals surface area contributed by atoms with E-state index < -0.39 is 0 Å². The number of nitrogens with zero attached hydrogens (tertiary/aromatic N) is 1. The molecule has 0 atom stereocenters. The largest absolute Gasteiger partial charge is 0.494 e. The van der Waals surface area contributed by atoms with Crippen molar-refractivity contribution in [2.75, 3.05) is 40.3 Å². The molecule has 0 saturated carbocycles. The SMILES string of the molecule is CN(C)CCNCCCCOc1ccc(Cl)cc1. The Bertz CT molecular complexity index is 314. The van der Waals surface area contributed by atoms with Crippen LogP contribution in [0.4, 0.5) is 0 Å². The second kappa shape index (κ2) is 9.20. The van der Waals surface area contributed by atoms with Gasteiger partial charge in [-0.3, -0.25) is 0 Å². The highest BCUT2D eigenvalue weighted by Crippen LogP contribution is 2.15. The van der Waals surface area contributed by atoms with Crippen LogP contribution in [0.2, 0.25) is 5.02 Å². The molecular formula is C14H23ClN2O. The van der Waals surface area contributed by atoms with E-state index in [4.69, 9.17) is 16.3 Å². The van der Waals surface area contributed by atoms with Crippen molar-refractivity contribution >= 4 is 11.6 Å². The summed E-state index contributed by atoms with van der Waals surface area (Å²) in [5.74, 6) is 0.889. The average molecular weight is 271 g/mol. The molecule has 1 rings (SSSR count). The average Bonchev–Trinajstić information content (AvgIpc) is 2.34. The van der Waals surface area contributed by atoms with Crippen LogP contribution in [0.1, 0.15) is 12.8 Å². The van der Waals surface area contributed by atoms with Crippen molar-refractivity contribution in [1.82, 2.24) is 10.2 Å². The van der Waals surface area contributed by atoms with Gasteiger partial charge in [0.05, 0.1) is 6.61 Å². The molecule has 0 bridgehead atoms. The van der Waals surface area contributed by atoms with E-state index in [1.165, 1.54) is 0 Å². The van der Waals surface area contributed by atoms with Gasteiger partial charge in [0.2, 0.25) is 0 Å². The molecule has 0 fully saturated rings. The molecule has 1 aromatic rings. The summed E-state index contributed by atoms with van der Waals surface area (Å²) in [4.78, 5) is 2.18. The molecule has 102 valence electrons. The van der Waals surface area contributed by atoms with Crippen molar-refractivity contribution in [3.8, 4) is 5.75 Å². The summed E-state index contributed by atoms with van der Waals surface area (Å²) >= 11 is 5.80. The molecule has 4 heteroatoms. The Morgan fingerprint density at radius 2 is 1.83 bits per heavy atom. The van der Waals surface area contributed by atoms with E-state index in [2.05, 4.69) is 24.3 Å². The van der Waals surface area contributed by atoms with Crippen LogP contribution in [0, 0.1) is 0 Å². The zero-order valence-electron chi connectivity index (χ0n) is 11.3. The Labute approximate surface area is 115 Å². The Morgan fingerprint density at radius 3 is 2.50 bits per heavy atom. The Morgan fingerprint density at radius 1 is 1.11 bits per heavy atom. The van der Waals surface area contributed by atoms with E-state index in [9.17, 15) is 0 Å². The molecule has 0 amide bonds. The first-order chi connectivity index (χ1) is 8.68. The van der Waals surface area contributed by atoms with Gasteiger partial charge in [-0.1, -0.05) is 11.6 Å². The third-order valence-corrected chi connectivity index (χ3v) is 2.82. The number of hydrogen-bond donors (Lipinski definition) is 1. The Balaban J connectivity index is 1.94. The van der Waals surface area contributed by atoms with Crippen LogP contribution in [-0.2, 0) is 0 Å². The number of rotatable bonds is 9. The number of nitrogens with one attached hydrogen (secondary N) is 1. The van der Waals surface area contributed by atoms with Gasteiger partial charge in [0.1, 0.15) is 5.75 Å². The van der Waals surface area contributed by atoms with Crippen molar-refractivity contribution in [1.29, 1.82) is 0 Å². The summed E-state index contributed by atoms with van der Waals surface area (Å²) in [5, 5.41) is 4.15. The third kappa shape index (κ3) is 7.54. The van der Waals surface area contributed by atoms with Crippen LogP contribution in [0.15, 0.2) is 24.3 Å². The minimum absolute atomic E-state index is 0.743. The molecule has 0 aromatic heterocycles. The third-order valence-electron chi connectivity index (χ3n) is 2.57. The van der Waals surface area contributed by atoms with Crippen molar-refractivity contribution in [2.45, 2.75) is 12.8 Å². The zero-order valence-corrected chi connectivity index (χ0v) is 12.0. The maximum atomic E-state index is 5.80.